The largest absolute Gasteiger partial charge is 0.455 e. The summed E-state index contributed by atoms with van der Waals surface area (Å²) < 4.78 is 8.17. The van der Waals surface area contributed by atoms with E-state index in [-0.39, 0.29) is 5.92 Å². The lowest BCUT2D eigenvalue weighted by Gasteiger charge is -2.33. The number of rotatable bonds is 1. The van der Waals surface area contributed by atoms with E-state index in [1.165, 1.54) is 49.0 Å². The highest BCUT2D eigenvalue weighted by Crippen LogP contribution is 2.57. The van der Waals surface area contributed by atoms with E-state index in [0.717, 1.165) is 26.7 Å². The van der Waals surface area contributed by atoms with Crippen LogP contribution in [-0.2, 0) is 0 Å². The van der Waals surface area contributed by atoms with Crippen LogP contribution in [0.1, 0.15) is 22.6 Å². The van der Waals surface area contributed by atoms with Crippen molar-refractivity contribution in [1.29, 1.82) is 0 Å². The molecule has 7 aromatic carbocycles. The standard InChI is InChI=1S/C35H21BrO/c36-22-11-9-10-21(20-22)31-32-27-16-5-1-12-23(27)25-14-3-7-18-29(25)34(32)37-35-30-19-8-4-15-26(30)24-13-2-6-17-28(24)33(31)35/h1-20,31H. The van der Waals surface area contributed by atoms with E-state index < -0.39 is 0 Å². The molecule has 0 fully saturated rings. The van der Waals surface area contributed by atoms with Crippen molar-refractivity contribution >= 4 is 59.0 Å². The van der Waals surface area contributed by atoms with Gasteiger partial charge < -0.3 is 4.74 Å². The van der Waals surface area contributed by atoms with Crippen molar-refractivity contribution in [3.63, 3.8) is 0 Å². The molecule has 0 radical (unpaired) electrons. The lowest BCUT2D eigenvalue weighted by molar-refractivity contribution is 0.467. The van der Waals surface area contributed by atoms with Crippen molar-refractivity contribution < 1.29 is 4.74 Å². The molecule has 1 nitrogen and oxygen atoms in total. The summed E-state index contributed by atoms with van der Waals surface area (Å²) in [5, 5.41) is 9.74. The molecule has 0 saturated carbocycles. The van der Waals surface area contributed by atoms with Crippen molar-refractivity contribution in [2.24, 2.45) is 0 Å². The molecule has 2 heteroatoms. The molecule has 37 heavy (non-hydrogen) atoms. The van der Waals surface area contributed by atoms with Crippen molar-refractivity contribution in [3.05, 3.63) is 142 Å². The number of hydrogen-bond acceptors (Lipinski definition) is 1. The first-order valence-corrected chi connectivity index (χ1v) is 13.4. The van der Waals surface area contributed by atoms with Crippen molar-refractivity contribution in [3.8, 4) is 11.5 Å². The highest BCUT2D eigenvalue weighted by molar-refractivity contribution is 9.10. The Kier molecular flexibility index (Phi) is 4.50. The van der Waals surface area contributed by atoms with Gasteiger partial charge in [0.15, 0.2) is 0 Å². The van der Waals surface area contributed by atoms with Gasteiger partial charge in [-0.25, -0.2) is 0 Å². The molecule has 0 unspecified atom stereocenters. The van der Waals surface area contributed by atoms with E-state index in [0.29, 0.717) is 0 Å². The van der Waals surface area contributed by atoms with Crippen LogP contribution in [-0.4, -0.2) is 0 Å². The quantitative estimate of drug-likeness (QED) is 0.189. The van der Waals surface area contributed by atoms with Crippen LogP contribution < -0.4 is 4.74 Å². The minimum absolute atomic E-state index is 0.0141. The van der Waals surface area contributed by atoms with Gasteiger partial charge in [0, 0.05) is 32.3 Å². The fourth-order valence-electron chi connectivity index (χ4n) is 6.33. The van der Waals surface area contributed by atoms with Gasteiger partial charge in [-0.15, -0.1) is 0 Å². The lowest BCUT2D eigenvalue weighted by Crippen LogP contribution is -2.14. The Labute approximate surface area is 223 Å². The summed E-state index contributed by atoms with van der Waals surface area (Å²) in [7, 11) is 0. The minimum atomic E-state index is 0.0141. The molecule has 1 heterocycles. The molecule has 1 aliphatic rings. The molecule has 0 atom stereocenters. The van der Waals surface area contributed by atoms with Gasteiger partial charge in [0.2, 0.25) is 0 Å². The van der Waals surface area contributed by atoms with E-state index in [4.69, 9.17) is 4.74 Å². The Morgan fingerprint density at radius 3 is 1.30 bits per heavy atom. The number of fused-ring (bicyclic) bond motifs is 12. The first-order chi connectivity index (χ1) is 18.3. The van der Waals surface area contributed by atoms with Crippen LogP contribution >= 0.6 is 15.9 Å². The summed E-state index contributed by atoms with van der Waals surface area (Å²) >= 11 is 3.76. The zero-order chi connectivity index (χ0) is 24.5. The summed E-state index contributed by atoms with van der Waals surface area (Å²) in [6.45, 7) is 0. The highest BCUT2D eigenvalue weighted by Gasteiger charge is 2.35. The van der Waals surface area contributed by atoms with Gasteiger partial charge in [0.1, 0.15) is 11.5 Å². The van der Waals surface area contributed by atoms with Crippen LogP contribution in [0.2, 0.25) is 0 Å². The third-order valence-corrected chi connectivity index (χ3v) is 8.30. The number of halogens is 1. The molecule has 0 bridgehead atoms. The third kappa shape index (κ3) is 2.97. The maximum Gasteiger partial charge on any atom is 0.140 e. The summed E-state index contributed by atoms with van der Waals surface area (Å²) in [4.78, 5) is 0. The topological polar surface area (TPSA) is 9.23 Å². The van der Waals surface area contributed by atoms with Crippen molar-refractivity contribution in [1.82, 2.24) is 0 Å². The average Bonchev–Trinajstić information content (AvgIpc) is 2.96. The second-order valence-electron chi connectivity index (χ2n) is 9.76. The van der Waals surface area contributed by atoms with Crippen LogP contribution in [0.25, 0.3) is 43.1 Å². The molecule has 0 amide bonds. The molecule has 0 N–H and O–H groups in total. The molecular formula is C35H21BrO. The Hall–Kier alpha value is -4.14. The number of ether oxygens (including phenoxy) is 1. The Morgan fingerprint density at radius 1 is 0.432 bits per heavy atom. The predicted octanol–water partition coefficient (Wildman–Crippen LogP) is 10.3. The summed E-state index contributed by atoms with van der Waals surface area (Å²) in [6, 6.07) is 43.6. The molecule has 0 aromatic heterocycles. The molecule has 0 aliphatic carbocycles. The van der Waals surface area contributed by atoms with Crippen molar-refractivity contribution in [2.75, 3.05) is 0 Å². The van der Waals surface area contributed by atoms with E-state index in [1.807, 2.05) is 0 Å². The highest BCUT2D eigenvalue weighted by atomic mass is 79.9. The smallest absolute Gasteiger partial charge is 0.140 e. The van der Waals surface area contributed by atoms with Gasteiger partial charge in [-0.2, -0.15) is 0 Å². The monoisotopic (exact) mass is 536 g/mol. The van der Waals surface area contributed by atoms with Gasteiger partial charge in [-0.1, -0.05) is 125 Å². The molecule has 0 saturated heterocycles. The zero-order valence-corrected chi connectivity index (χ0v) is 21.5. The van der Waals surface area contributed by atoms with E-state index in [2.05, 4.69) is 137 Å². The zero-order valence-electron chi connectivity index (χ0n) is 19.9. The molecule has 1 aliphatic heterocycles. The average molecular weight is 537 g/mol. The summed E-state index contributed by atoms with van der Waals surface area (Å²) in [5.74, 6) is 1.94. The summed E-state index contributed by atoms with van der Waals surface area (Å²) in [5.41, 5.74) is 3.72. The van der Waals surface area contributed by atoms with Gasteiger partial charge >= 0.3 is 0 Å². The maximum absolute atomic E-state index is 7.09. The van der Waals surface area contributed by atoms with E-state index in [9.17, 15) is 0 Å². The first kappa shape index (κ1) is 21.0. The fourth-order valence-corrected chi connectivity index (χ4v) is 6.75. The van der Waals surface area contributed by atoms with Crippen LogP contribution in [0, 0.1) is 0 Å². The number of benzene rings is 7. The SMILES string of the molecule is Brc1cccc(C2c3c(c4ccccc4c4ccccc34)Oc3c2c2ccccc2c2ccccc32)c1. The van der Waals surface area contributed by atoms with E-state index >= 15 is 0 Å². The molecule has 0 spiro atoms. The van der Waals surface area contributed by atoms with Crippen LogP contribution in [0.4, 0.5) is 0 Å². The predicted molar refractivity (Wildman–Crippen MR) is 158 cm³/mol. The number of hydrogen-bond donors (Lipinski definition) is 0. The van der Waals surface area contributed by atoms with Crippen LogP contribution in [0.15, 0.2) is 126 Å². The second kappa shape index (κ2) is 7.93. The lowest BCUT2D eigenvalue weighted by atomic mass is 9.76. The Bertz CT molecular complexity index is 1910. The van der Waals surface area contributed by atoms with E-state index in [1.54, 1.807) is 0 Å². The molecule has 8 rings (SSSR count). The Morgan fingerprint density at radius 2 is 0.838 bits per heavy atom. The van der Waals surface area contributed by atoms with Crippen LogP contribution in [0.5, 0.6) is 11.5 Å². The Balaban J connectivity index is 1.63. The maximum atomic E-state index is 7.09. The molecular weight excluding hydrogens is 516 g/mol. The first-order valence-electron chi connectivity index (χ1n) is 12.6. The third-order valence-electron chi connectivity index (χ3n) is 7.81. The van der Waals surface area contributed by atoms with Crippen LogP contribution in [0.3, 0.4) is 0 Å². The molecule has 7 aromatic rings. The molecule has 174 valence electrons. The second-order valence-corrected chi connectivity index (χ2v) is 10.7. The summed E-state index contributed by atoms with van der Waals surface area (Å²) in [6.07, 6.45) is 0. The van der Waals surface area contributed by atoms with Gasteiger partial charge in [0.25, 0.3) is 0 Å². The van der Waals surface area contributed by atoms with Gasteiger partial charge in [-0.3, -0.25) is 0 Å². The van der Waals surface area contributed by atoms with Gasteiger partial charge in [0.05, 0.1) is 0 Å². The fraction of sp³-hybridized carbons (Fsp3) is 0.0286. The minimum Gasteiger partial charge on any atom is -0.455 e. The normalized spacial score (nSPS) is 13.1. The van der Waals surface area contributed by atoms with Gasteiger partial charge in [-0.05, 0) is 50.0 Å². The van der Waals surface area contributed by atoms with Crippen molar-refractivity contribution in [2.45, 2.75) is 5.92 Å².